The Balaban J connectivity index is 2.62. The number of nitro groups is 1. The second kappa shape index (κ2) is 4.36. The zero-order valence-corrected chi connectivity index (χ0v) is 9.47. The Morgan fingerprint density at radius 1 is 1.56 bits per heavy atom. The number of carbonyl (C=O) groups is 1. The number of fused-ring (bicyclic) bond motifs is 1. The lowest BCUT2D eigenvalue weighted by atomic mass is 10.2. The molecule has 0 fully saturated rings. The van der Waals surface area contributed by atoms with Crippen LogP contribution >= 0.6 is 0 Å². The number of nitro benzene ring substituents is 1. The lowest BCUT2D eigenvalue weighted by molar-refractivity contribution is -0.383. The van der Waals surface area contributed by atoms with Gasteiger partial charge in [-0.05, 0) is 19.1 Å². The summed E-state index contributed by atoms with van der Waals surface area (Å²) in [5, 5.41) is 20.6. The minimum Gasteiger partial charge on any atom is -0.506 e. The van der Waals surface area contributed by atoms with E-state index in [9.17, 15) is 20.0 Å². The molecule has 18 heavy (non-hydrogen) atoms. The largest absolute Gasteiger partial charge is 0.506 e. The molecule has 1 heterocycles. The number of nitrogens with one attached hydrogen (secondary N) is 1. The van der Waals surface area contributed by atoms with E-state index in [1.54, 1.807) is 6.92 Å². The lowest BCUT2D eigenvalue weighted by Gasteiger charge is -1.97. The SMILES string of the molecule is CCOC(=O)c1cc2c([N+](=O)[O-])ccc(O)c2[nH]1. The van der Waals surface area contributed by atoms with Crippen molar-refractivity contribution in [2.75, 3.05) is 6.61 Å². The molecule has 2 aromatic rings. The Bertz CT molecular complexity index is 632. The topological polar surface area (TPSA) is 105 Å². The molecule has 7 nitrogen and oxygen atoms in total. The van der Waals surface area contributed by atoms with Gasteiger partial charge in [0, 0.05) is 6.07 Å². The summed E-state index contributed by atoms with van der Waals surface area (Å²) in [6.07, 6.45) is 0. The molecule has 0 aliphatic rings. The van der Waals surface area contributed by atoms with Crippen molar-refractivity contribution in [3.63, 3.8) is 0 Å². The molecule has 2 rings (SSSR count). The molecule has 7 heteroatoms. The van der Waals surface area contributed by atoms with Crippen LogP contribution in [0.4, 0.5) is 5.69 Å². The summed E-state index contributed by atoms with van der Waals surface area (Å²) in [4.78, 5) is 24.4. The minimum absolute atomic E-state index is 0.0662. The predicted molar refractivity (Wildman–Crippen MR) is 62.6 cm³/mol. The van der Waals surface area contributed by atoms with Gasteiger partial charge in [0.15, 0.2) is 0 Å². The molecule has 0 atom stereocenters. The Morgan fingerprint density at radius 2 is 2.28 bits per heavy atom. The molecule has 2 N–H and O–H groups in total. The van der Waals surface area contributed by atoms with Crippen LogP contribution in [0.25, 0.3) is 10.9 Å². The fourth-order valence-electron chi connectivity index (χ4n) is 1.67. The Morgan fingerprint density at radius 3 is 2.89 bits per heavy atom. The summed E-state index contributed by atoms with van der Waals surface area (Å²) in [6.45, 7) is 1.85. The van der Waals surface area contributed by atoms with Gasteiger partial charge in [-0.25, -0.2) is 4.79 Å². The van der Waals surface area contributed by atoms with Gasteiger partial charge in [-0.3, -0.25) is 10.1 Å². The number of nitrogens with zero attached hydrogens (tertiary/aromatic N) is 1. The highest BCUT2D eigenvalue weighted by atomic mass is 16.6. The number of phenols is 1. The highest BCUT2D eigenvalue weighted by molar-refractivity contribution is 6.00. The zero-order valence-electron chi connectivity index (χ0n) is 9.47. The van der Waals surface area contributed by atoms with Crippen LogP contribution in [0.1, 0.15) is 17.4 Å². The summed E-state index contributed by atoms with van der Waals surface area (Å²) in [7, 11) is 0. The van der Waals surface area contributed by atoms with Crippen LogP contribution in [0.15, 0.2) is 18.2 Å². The molecule has 0 amide bonds. The second-order valence-electron chi connectivity index (χ2n) is 3.55. The first-order chi connectivity index (χ1) is 8.54. The van der Waals surface area contributed by atoms with E-state index < -0.39 is 10.9 Å². The predicted octanol–water partition coefficient (Wildman–Crippen LogP) is 1.96. The van der Waals surface area contributed by atoms with E-state index in [-0.39, 0.29) is 34.6 Å². The lowest BCUT2D eigenvalue weighted by Crippen LogP contribution is -2.04. The number of non-ortho nitro benzene ring substituents is 1. The maximum Gasteiger partial charge on any atom is 0.354 e. The average molecular weight is 250 g/mol. The van der Waals surface area contributed by atoms with Crippen molar-refractivity contribution in [1.29, 1.82) is 0 Å². The van der Waals surface area contributed by atoms with Crippen molar-refractivity contribution in [2.45, 2.75) is 6.92 Å². The average Bonchev–Trinajstić information content (AvgIpc) is 2.75. The van der Waals surface area contributed by atoms with Crippen molar-refractivity contribution >= 4 is 22.6 Å². The van der Waals surface area contributed by atoms with E-state index in [0.29, 0.717) is 0 Å². The molecule has 0 saturated heterocycles. The molecule has 0 aliphatic carbocycles. The van der Waals surface area contributed by atoms with Crippen molar-refractivity contribution in [3.8, 4) is 5.75 Å². The van der Waals surface area contributed by atoms with E-state index >= 15 is 0 Å². The zero-order chi connectivity index (χ0) is 13.3. The summed E-state index contributed by atoms with van der Waals surface area (Å²) in [5.74, 6) is -0.784. The van der Waals surface area contributed by atoms with Crippen molar-refractivity contribution in [2.24, 2.45) is 0 Å². The van der Waals surface area contributed by atoms with Crippen LogP contribution in [0.5, 0.6) is 5.75 Å². The Hall–Kier alpha value is -2.57. The third kappa shape index (κ3) is 1.86. The van der Waals surface area contributed by atoms with Crippen LogP contribution < -0.4 is 0 Å². The van der Waals surface area contributed by atoms with Gasteiger partial charge in [0.05, 0.1) is 22.4 Å². The fourth-order valence-corrected chi connectivity index (χ4v) is 1.67. The molecule has 94 valence electrons. The molecule has 1 aromatic heterocycles. The summed E-state index contributed by atoms with van der Waals surface area (Å²) >= 11 is 0. The van der Waals surface area contributed by atoms with Crippen molar-refractivity contribution < 1.29 is 19.6 Å². The maximum atomic E-state index is 11.5. The van der Waals surface area contributed by atoms with Crippen molar-refractivity contribution in [1.82, 2.24) is 4.98 Å². The van der Waals surface area contributed by atoms with Gasteiger partial charge in [-0.15, -0.1) is 0 Å². The van der Waals surface area contributed by atoms with Gasteiger partial charge in [-0.1, -0.05) is 0 Å². The Kier molecular flexibility index (Phi) is 2.88. The van der Waals surface area contributed by atoms with Gasteiger partial charge in [-0.2, -0.15) is 0 Å². The van der Waals surface area contributed by atoms with Crippen LogP contribution in [0.3, 0.4) is 0 Å². The van der Waals surface area contributed by atoms with Gasteiger partial charge in [0.25, 0.3) is 5.69 Å². The van der Waals surface area contributed by atoms with Crippen LogP contribution in [-0.2, 0) is 4.74 Å². The molecule has 0 bridgehead atoms. The molecule has 0 radical (unpaired) electrons. The maximum absolute atomic E-state index is 11.5. The second-order valence-corrected chi connectivity index (χ2v) is 3.55. The van der Waals surface area contributed by atoms with Crippen molar-refractivity contribution in [3.05, 3.63) is 34.0 Å². The fraction of sp³-hybridized carbons (Fsp3) is 0.182. The molecular weight excluding hydrogens is 240 g/mol. The van der Waals surface area contributed by atoms with E-state index in [2.05, 4.69) is 4.98 Å². The van der Waals surface area contributed by atoms with E-state index in [4.69, 9.17) is 4.74 Å². The molecule has 1 aromatic carbocycles. The number of ether oxygens (including phenoxy) is 1. The minimum atomic E-state index is -0.623. The van der Waals surface area contributed by atoms with E-state index in [1.807, 2.05) is 0 Å². The number of esters is 1. The summed E-state index contributed by atoms with van der Waals surface area (Å²) in [5.41, 5.74) is 0.0262. The van der Waals surface area contributed by atoms with Gasteiger partial charge < -0.3 is 14.8 Å². The van der Waals surface area contributed by atoms with Gasteiger partial charge >= 0.3 is 5.97 Å². The molecule has 0 saturated carbocycles. The molecule has 0 unspecified atom stereocenters. The third-order valence-corrected chi connectivity index (χ3v) is 2.44. The molecular formula is C11H10N2O5. The normalized spacial score (nSPS) is 10.5. The number of hydrogen-bond acceptors (Lipinski definition) is 5. The van der Waals surface area contributed by atoms with Gasteiger partial charge in [0.2, 0.25) is 0 Å². The Labute approximate surface area is 101 Å². The smallest absolute Gasteiger partial charge is 0.354 e. The number of aromatic amines is 1. The number of phenolic OH excluding ortho intramolecular Hbond substituents is 1. The first-order valence-corrected chi connectivity index (χ1v) is 5.20. The first kappa shape index (κ1) is 11.9. The number of hydrogen-bond donors (Lipinski definition) is 2. The third-order valence-electron chi connectivity index (χ3n) is 2.44. The van der Waals surface area contributed by atoms with E-state index in [1.165, 1.54) is 18.2 Å². The highest BCUT2D eigenvalue weighted by Crippen LogP contribution is 2.32. The number of aromatic hydroxyl groups is 1. The quantitative estimate of drug-likeness (QED) is 0.492. The number of H-pyrrole nitrogens is 1. The number of rotatable bonds is 3. The monoisotopic (exact) mass is 250 g/mol. The standard InChI is InChI=1S/C11H10N2O5/c1-2-18-11(15)7-5-6-8(13(16)17)3-4-9(14)10(6)12-7/h3-5,12,14H,2H2,1H3. The summed E-state index contributed by atoms with van der Waals surface area (Å²) < 4.78 is 4.78. The highest BCUT2D eigenvalue weighted by Gasteiger charge is 2.19. The first-order valence-electron chi connectivity index (χ1n) is 5.20. The van der Waals surface area contributed by atoms with Crippen LogP contribution in [0, 0.1) is 10.1 Å². The van der Waals surface area contributed by atoms with E-state index in [0.717, 1.165) is 0 Å². The molecule has 0 aliphatic heterocycles. The summed E-state index contributed by atoms with van der Waals surface area (Å²) in [6, 6.07) is 3.68. The number of carbonyl (C=O) groups excluding carboxylic acids is 1. The van der Waals surface area contributed by atoms with Crippen LogP contribution in [-0.4, -0.2) is 27.6 Å². The number of aromatic nitrogens is 1. The number of benzene rings is 1. The van der Waals surface area contributed by atoms with Crippen LogP contribution in [0.2, 0.25) is 0 Å². The molecule has 0 spiro atoms. The van der Waals surface area contributed by atoms with Gasteiger partial charge in [0.1, 0.15) is 11.4 Å².